The minimum absolute atomic E-state index is 0.241. The van der Waals surface area contributed by atoms with E-state index in [-0.39, 0.29) is 18.9 Å². The summed E-state index contributed by atoms with van der Waals surface area (Å²) in [5.74, 6) is -0.821. The first kappa shape index (κ1) is 22.2. The van der Waals surface area contributed by atoms with Gasteiger partial charge in [-0.3, -0.25) is 9.79 Å². The van der Waals surface area contributed by atoms with Crippen LogP contribution in [0.2, 0.25) is 5.02 Å². The maximum absolute atomic E-state index is 12.8. The number of esters is 1. The van der Waals surface area contributed by atoms with Crippen molar-refractivity contribution in [2.45, 2.75) is 25.8 Å². The number of nitrogens with zero attached hydrogens (tertiary/aromatic N) is 2. The second-order valence-corrected chi connectivity index (χ2v) is 8.68. The molecule has 8 heteroatoms. The molecule has 1 aromatic heterocycles. The third kappa shape index (κ3) is 5.06. The van der Waals surface area contributed by atoms with Crippen LogP contribution in [0.1, 0.15) is 39.0 Å². The van der Waals surface area contributed by atoms with Gasteiger partial charge >= 0.3 is 5.97 Å². The van der Waals surface area contributed by atoms with Crippen LogP contribution in [0.5, 0.6) is 0 Å². The van der Waals surface area contributed by atoms with Gasteiger partial charge in [0.15, 0.2) is 0 Å². The number of nitrogens with one attached hydrogen (secondary N) is 1. The molecule has 6 nitrogen and oxygen atoms in total. The number of aromatic nitrogens is 1. The molecule has 0 fully saturated rings. The first-order valence-electron chi connectivity index (χ1n) is 10.3. The van der Waals surface area contributed by atoms with Gasteiger partial charge in [0, 0.05) is 46.3 Å². The summed E-state index contributed by atoms with van der Waals surface area (Å²) in [6, 6.07) is 12.3. The number of hydrogen-bond donors (Lipinski definition) is 1. The maximum Gasteiger partial charge on any atom is 0.329 e. The van der Waals surface area contributed by atoms with Crippen molar-refractivity contribution in [2.75, 3.05) is 13.2 Å². The highest BCUT2D eigenvalue weighted by Gasteiger charge is 2.24. The average molecular weight is 468 g/mol. The Labute approximate surface area is 195 Å². The highest BCUT2D eigenvalue weighted by Crippen LogP contribution is 2.24. The summed E-state index contributed by atoms with van der Waals surface area (Å²) in [6.07, 6.45) is 2.83. The van der Waals surface area contributed by atoms with Crippen molar-refractivity contribution in [3.05, 3.63) is 86.3 Å². The Morgan fingerprint density at radius 2 is 2.03 bits per heavy atom. The van der Waals surface area contributed by atoms with E-state index in [1.807, 2.05) is 35.7 Å². The summed E-state index contributed by atoms with van der Waals surface area (Å²) in [5.41, 5.74) is 4.46. The van der Waals surface area contributed by atoms with Crippen molar-refractivity contribution < 1.29 is 14.3 Å². The number of benzene rings is 2. The van der Waals surface area contributed by atoms with Crippen LogP contribution in [0.25, 0.3) is 0 Å². The quantitative estimate of drug-likeness (QED) is 0.530. The third-order valence-electron chi connectivity index (χ3n) is 5.14. The van der Waals surface area contributed by atoms with E-state index >= 15 is 0 Å². The fourth-order valence-corrected chi connectivity index (χ4v) is 4.43. The van der Waals surface area contributed by atoms with Crippen LogP contribution in [-0.2, 0) is 22.4 Å². The molecule has 1 amide bonds. The lowest BCUT2D eigenvalue weighted by molar-refractivity contribution is -0.145. The number of rotatable bonds is 7. The standard InChI is InChI=1S/C24H22ClN3O3S/c1-2-31-24(30)20(14-21-26-11-12-32-21)28-23(29)17-5-3-16(4-6-17)22-19-13-18(25)8-7-15(19)9-10-27-22/h3-8,11-13,20H,2,9-10,14H2,1H3,(H,28,29). The second kappa shape index (κ2) is 10.1. The molecule has 3 aromatic rings. The van der Waals surface area contributed by atoms with E-state index in [4.69, 9.17) is 16.3 Å². The van der Waals surface area contributed by atoms with Crippen LogP contribution in [-0.4, -0.2) is 41.8 Å². The lowest BCUT2D eigenvalue weighted by Crippen LogP contribution is -2.43. The smallest absolute Gasteiger partial charge is 0.329 e. The van der Waals surface area contributed by atoms with Crippen molar-refractivity contribution in [2.24, 2.45) is 4.99 Å². The number of amides is 1. The highest BCUT2D eigenvalue weighted by molar-refractivity contribution is 7.09. The van der Waals surface area contributed by atoms with Gasteiger partial charge in [-0.25, -0.2) is 9.78 Å². The number of carbonyl (C=O) groups excluding carboxylic acids is 2. The number of aliphatic imine (C=N–C) groups is 1. The molecule has 1 N–H and O–H groups in total. The molecule has 1 aliphatic heterocycles. The molecule has 2 aromatic carbocycles. The molecule has 0 radical (unpaired) electrons. The molecular formula is C24H22ClN3O3S. The van der Waals surface area contributed by atoms with Gasteiger partial charge in [0.1, 0.15) is 6.04 Å². The van der Waals surface area contributed by atoms with E-state index in [2.05, 4.69) is 15.3 Å². The summed E-state index contributed by atoms with van der Waals surface area (Å²) < 4.78 is 5.13. The molecule has 1 unspecified atom stereocenters. The fraction of sp³-hybridized carbons (Fsp3) is 0.250. The van der Waals surface area contributed by atoms with Gasteiger partial charge in [0.25, 0.3) is 5.91 Å². The van der Waals surface area contributed by atoms with Crippen molar-refractivity contribution in [3.63, 3.8) is 0 Å². The Bertz CT molecular complexity index is 1140. The normalized spacial score (nSPS) is 13.6. The third-order valence-corrected chi connectivity index (χ3v) is 6.17. The predicted molar refractivity (Wildman–Crippen MR) is 126 cm³/mol. The maximum atomic E-state index is 12.8. The molecule has 1 aliphatic rings. The van der Waals surface area contributed by atoms with Gasteiger partial charge in [-0.15, -0.1) is 11.3 Å². The van der Waals surface area contributed by atoms with Crippen LogP contribution in [0, 0.1) is 0 Å². The van der Waals surface area contributed by atoms with Crippen LogP contribution in [0.4, 0.5) is 0 Å². The lowest BCUT2D eigenvalue weighted by atomic mass is 9.93. The summed E-state index contributed by atoms with van der Waals surface area (Å²) in [6.45, 7) is 2.69. The molecule has 0 saturated carbocycles. The monoisotopic (exact) mass is 467 g/mol. The van der Waals surface area contributed by atoms with E-state index < -0.39 is 12.0 Å². The first-order chi connectivity index (χ1) is 15.5. The Morgan fingerprint density at radius 3 is 2.75 bits per heavy atom. The van der Waals surface area contributed by atoms with Crippen molar-refractivity contribution in [3.8, 4) is 0 Å². The Balaban J connectivity index is 1.51. The highest BCUT2D eigenvalue weighted by atomic mass is 35.5. The van der Waals surface area contributed by atoms with Crippen molar-refractivity contribution in [1.82, 2.24) is 10.3 Å². The number of halogens is 1. The number of hydrogen-bond acceptors (Lipinski definition) is 6. The van der Waals surface area contributed by atoms with Gasteiger partial charge in [-0.05, 0) is 43.2 Å². The Hall–Kier alpha value is -3.03. The van der Waals surface area contributed by atoms with Crippen LogP contribution < -0.4 is 5.32 Å². The Kier molecular flexibility index (Phi) is 6.97. The zero-order chi connectivity index (χ0) is 22.5. The Morgan fingerprint density at radius 1 is 1.22 bits per heavy atom. The zero-order valence-electron chi connectivity index (χ0n) is 17.5. The van der Waals surface area contributed by atoms with Crippen molar-refractivity contribution in [1.29, 1.82) is 0 Å². The van der Waals surface area contributed by atoms with E-state index in [1.165, 1.54) is 16.9 Å². The van der Waals surface area contributed by atoms with Gasteiger partial charge in [-0.1, -0.05) is 29.8 Å². The van der Waals surface area contributed by atoms with Gasteiger partial charge in [0.05, 0.1) is 17.3 Å². The van der Waals surface area contributed by atoms with Gasteiger partial charge in [-0.2, -0.15) is 0 Å². The first-order valence-corrected chi connectivity index (χ1v) is 11.6. The summed E-state index contributed by atoms with van der Waals surface area (Å²) >= 11 is 7.62. The topological polar surface area (TPSA) is 80.6 Å². The molecule has 0 spiro atoms. The summed E-state index contributed by atoms with van der Waals surface area (Å²) in [5, 5.41) is 6.04. The van der Waals surface area contributed by atoms with E-state index in [0.29, 0.717) is 17.1 Å². The fourth-order valence-electron chi connectivity index (χ4n) is 3.59. The summed E-state index contributed by atoms with van der Waals surface area (Å²) in [4.78, 5) is 34.1. The largest absolute Gasteiger partial charge is 0.464 e. The van der Waals surface area contributed by atoms with Crippen LogP contribution in [0.3, 0.4) is 0 Å². The van der Waals surface area contributed by atoms with Crippen LogP contribution in [0.15, 0.2) is 59.0 Å². The number of ether oxygens (including phenoxy) is 1. The molecule has 2 heterocycles. The van der Waals surface area contributed by atoms with E-state index in [1.54, 1.807) is 25.3 Å². The lowest BCUT2D eigenvalue weighted by Gasteiger charge is -2.18. The van der Waals surface area contributed by atoms with Crippen LogP contribution >= 0.6 is 22.9 Å². The SMILES string of the molecule is CCOC(=O)C(Cc1nccs1)NC(=O)c1ccc(C2=NCCc3ccc(Cl)cc32)cc1. The minimum atomic E-state index is -0.801. The zero-order valence-corrected chi connectivity index (χ0v) is 19.1. The molecular weight excluding hydrogens is 446 g/mol. The molecule has 1 atom stereocenters. The van der Waals surface area contributed by atoms with E-state index in [9.17, 15) is 9.59 Å². The van der Waals surface area contributed by atoms with Gasteiger partial charge < -0.3 is 10.1 Å². The molecule has 164 valence electrons. The summed E-state index contributed by atoms with van der Waals surface area (Å²) in [7, 11) is 0. The average Bonchev–Trinajstić information content (AvgIpc) is 3.31. The predicted octanol–water partition coefficient (Wildman–Crippen LogP) is 4.09. The van der Waals surface area contributed by atoms with E-state index in [0.717, 1.165) is 28.3 Å². The molecule has 4 rings (SSSR count). The molecule has 0 saturated heterocycles. The number of thiazole rings is 1. The van der Waals surface area contributed by atoms with Crippen molar-refractivity contribution >= 4 is 40.5 Å². The number of fused-ring (bicyclic) bond motifs is 1. The number of carbonyl (C=O) groups is 2. The second-order valence-electron chi connectivity index (χ2n) is 7.27. The van der Waals surface area contributed by atoms with Gasteiger partial charge in [0.2, 0.25) is 0 Å². The molecule has 0 bridgehead atoms. The molecule has 0 aliphatic carbocycles. The molecule has 32 heavy (non-hydrogen) atoms. The minimum Gasteiger partial charge on any atom is -0.464 e.